The first-order chi connectivity index (χ1) is 7.77. The van der Waals surface area contributed by atoms with Crippen LogP contribution in [-0.4, -0.2) is 5.12 Å². The molecule has 0 aliphatic heterocycles. The standard InChI is InChI=1S/C14H12OS/c15-14(16)13-8-7-10(9-5-6-9)11-3-1-2-4-12(11)13/h1-4,7-9H,5-6H2,(H,15,16). The second kappa shape index (κ2) is 3.63. The van der Waals surface area contributed by atoms with Gasteiger partial charge in [0.1, 0.15) is 0 Å². The van der Waals surface area contributed by atoms with Crippen molar-refractivity contribution in [2.45, 2.75) is 18.8 Å². The zero-order chi connectivity index (χ0) is 11.1. The number of hydrogen-bond donors (Lipinski definition) is 1. The van der Waals surface area contributed by atoms with E-state index in [1.165, 1.54) is 23.8 Å². The highest BCUT2D eigenvalue weighted by molar-refractivity contribution is 7.97. The van der Waals surface area contributed by atoms with Crippen LogP contribution in [0.3, 0.4) is 0 Å². The molecule has 0 spiro atoms. The van der Waals surface area contributed by atoms with Gasteiger partial charge >= 0.3 is 0 Å². The van der Waals surface area contributed by atoms with E-state index in [4.69, 9.17) is 0 Å². The Morgan fingerprint density at radius 3 is 2.38 bits per heavy atom. The lowest BCUT2D eigenvalue weighted by Crippen LogP contribution is -1.93. The predicted octanol–water partition coefficient (Wildman–Crippen LogP) is 3.79. The number of carbonyl (C=O) groups excluding carboxylic acids is 1. The van der Waals surface area contributed by atoms with Crippen molar-refractivity contribution in [3.05, 3.63) is 47.5 Å². The SMILES string of the molecule is O=C(S)c1ccc(C2CC2)c2ccccc12. The Hall–Kier alpha value is -1.28. The number of hydrogen-bond acceptors (Lipinski definition) is 1. The number of rotatable bonds is 2. The first kappa shape index (κ1) is 9.91. The highest BCUT2D eigenvalue weighted by Crippen LogP contribution is 2.43. The van der Waals surface area contributed by atoms with Crippen LogP contribution in [-0.2, 0) is 0 Å². The maximum atomic E-state index is 11.4. The minimum atomic E-state index is -0.154. The number of thiol groups is 1. The number of benzene rings is 2. The average molecular weight is 228 g/mol. The van der Waals surface area contributed by atoms with Gasteiger partial charge in [0.05, 0.1) is 0 Å². The molecule has 1 aliphatic rings. The molecule has 3 rings (SSSR count). The van der Waals surface area contributed by atoms with Gasteiger partial charge in [-0.15, -0.1) is 12.6 Å². The van der Waals surface area contributed by atoms with Crippen LogP contribution in [0.2, 0.25) is 0 Å². The lowest BCUT2D eigenvalue weighted by molar-refractivity contribution is 0.109. The third-order valence-electron chi connectivity index (χ3n) is 3.21. The van der Waals surface area contributed by atoms with Crippen molar-refractivity contribution in [1.29, 1.82) is 0 Å². The highest BCUT2D eigenvalue weighted by Gasteiger charge is 2.25. The third kappa shape index (κ3) is 1.54. The van der Waals surface area contributed by atoms with E-state index in [-0.39, 0.29) is 5.12 Å². The lowest BCUT2D eigenvalue weighted by Gasteiger charge is -2.08. The maximum Gasteiger partial charge on any atom is 0.216 e. The third-order valence-corrected chi connectivity index (χ3v) is 3.45. The van der Waals surface area contributed by atoms with Gasteiger partial charge in [-0.3, -0.25) is 4.79 Å². The zero-order valence-electron chi connectivity index (χ0n) is 8.81. The van der Waals surface area contributed by atoms with Crippen LogP contribution >= 0.6 is 12.6 Å². The van der Waals surface area contributed by atoms with E-state index in [2.05, 4.69) is 24.8 Å². The summed E-state index contributed by atoms with van der Waals surface area (Å²) in [7, 11) is 0. The Morgan fingerprint density at radius 1 is 1.06 bits per heavy atom. The average Bonchev–Trinajstić information content (AvgIpc) is 3.11. The Bertz CT molecular complexity index is 570. The molecule has 1 fully saturated rings. The Labute approximate surface area is 99.9 Å². The van der Waals surface area contributed by atoms with Gasteiger partial charge in [-0.2, -0.15) is 0 Å². The molecule has 0 radical (unpaired) electrons. The van der Waals surface area contributed by atoms with Crippen LogP contribution < -0.4 is 0 Å². The van der Waals surface area contributed by atoms with E-state index < -0.39 is 0 Å². The molecule has 0 atom stereocenters. The molecule has 0 N–H and O–H groups in total. The fourth-order valence-electron chi connectivity index (χ4n) is 2.26. The van der Waals surface area contributed by atoms with E-state index in [0.717, 1.165) is 5.39 Å². The van der Waals surface area contributed by atoms with Crippen molar-refractivity contribution in [2.24, 2.45) is 0 Å². The van der Waals surface area contributed by atoms with Gasteiger partial charge in [0.2, 0.25) is 5.12 Å². The molecule has 0 bridgehead atoms. The van der Waals surface area contributed by atoms with E-state index in [9.17, 15) is 4.79 Å². The van der Waals surface area contributed by atoms with Crippen molar-refractivity contribution >= 4 is 28.5 Å². The summed E-state index contributed by atoms with van der Waals surface area (Å²) in [4.78, 5) is 11.4. The quantitative estimate of drug-likeness (QED) is 0.774. The van der Waals surface area contributed by atoms with Crippen LogP contribution in [0.5, 0.6) is 0 Å². The van der Waals surface area contributed by atoms with Gasteiger partial charge in [0.25, 0.3) is 0 Å². The van der Waals surface area contributed by atoms with Crippen LogP contribution in [0.4, 0.5) is 0 Å². The minimum Gasteiger partial charge on any atom is -0.282 e. The molecule has 2 heteroatoms. The minimum absolute atomic E-state index is 0.154. The summed E-state index contributed by atoms with van der Waals surface area (Å²) in [6, 6.07) is 12.1. The van der Waals surface area contributed by atoms with Crippen LogP contribution in [0.25, 0.3) is 10.8 Å². The van der Waals surface area contributed by atoms with E-state index in [1.54, 1.807) is 0 Å². The summed E-state index contributed by atoms with van der Waals surface area (Å²) in [5.74, 6) is 0.703. The molecule has 0 heterocycles. The van der Waals surface area contributed by atoms with Crippen LogP contribution in [0.15, 0.2) is 36.4 Å². The van der Waals surface area contributed by atoms with E-state index >= 15 is 0 Å². The zero-order valence-corrected chi connectivity index (χ0v) is 9.71. The molecule has 80 valence electrons. The van der Waals surface area contributed by atoms with Crippen molar-refractivity contribution in [2.75, 3.05) is 0 Å². The largest absolute Gasteiger partial charge is 0.282 e. The Morgan fingerprint density at radius 2 is 1.75 bits per heavy atom. The summed E-state index contributed by atoms with van der Waals surface area (Å²) in [6.45, 7) is 0. The molecule has 0 unspecified atom stereocenters. The van der Waals surface area contributed by atoms with Crippen LogP contribution in [0.1, 0.15) is 34.7 Å². The molecular weight excluding hydrogens is 216 g/mol. The second-order valence-corrected chi connectivity index (χ2v) is 4.73. The first-order valence-corrected chi connectivity index (χ1v) is 5.97. The smallest absolute Gasteiger partial charge is 0.216 e. The van der Waals surface area contributed by atoms with Gasteiger partial charge in [-0.05, 0) is 41.2 Å². The summed E-state index contributed by atoms with van der Waals surface area (Å²) in [6.07, 6.45) is 2.55. The summed E-state index contributed by atoms with van der Waals surface area (Å²) < 4.78 is 0. The van der Waals surface area contributed by atoms with Crippen LogP contribution in [0, 0.1) is 0 Å². The fourth-order valence-corrected chi connectivity index (χ4v) is 2.45. The van der Waals surface area contributed by atoms with Crippen molar-refractivity contribution in [3.8, 4) is 0 Å². The predicted molar refractivity (Wildman–Crippen MR) is 69.2 cm³/mol. The molecule has 2 aromatic carbocycles. The Balaban J connectivity index is 2.33. The molecule has 1 nitrogen and oxygen atoms in total. The van der Waals surface area contributed by atoms with Crippen molar-refractivity contribution < 1.29 is 4.79 Å². The molecule has 0 aromatic heterocycles. The molecule has 2 aromatic rings. The molecule has 1 saturated carbocycles. The van der Waals surface area contributed by atoms with Gasteiger partial charge in [-0.25, -0.2) is 0 Å². The topological polar surface area (TPSA) is 17.1 Å². The fraction of sp³-hybridized carbons (Fsp3) is 0.214. The van der Waals surface area contributed by atoms with E-state index in [1.807, 2.05) is 24.3 Å². The molecule has 16 heavy (non-hydrogen) atoms. The monoisotopic (exact) mass is 228 g/mol. The summed E-state index contributed by atoms with van der Waals surface area (Å²) in [5.41, 5.74) is 2.09. The van der Waals surface area contributed by atoms with Gasteiger partial charge in [0.15, 0.2) is 0 Å². The van der Waals surface area contributed by atoms with E-state index in [0.29, 0.717) is 11.5 Å². The normalized spacial score (nSPS) is 15.3. The van der Waals surface area contributed by atoms with Gasteiger partial charge in [0, 0.05) is 5.56 Å². The highest BCUT2D eigenvalue weighted by atomic mass is 32.1. The van der Waals surface area contributed by atoms with Crippen molar-refractivity contribution in [1.82, 2.24) is 0 Å². The molecule has 0 saturated heterocycles. The summed E-state index contributed by atoms with van der Waals surface area (Å²) in [5, 5.41) is 2.09. The second-order valence-electron chi connectivity index (χ2n) is 4.33. The van der Waals surface area contributed by atoms with Crippen molar-refractivity contribution in [3.63, 3.8) is 0 Å². The number of carbonyl (C=O) groups is 1. The first-order valence-electron chi connectivity index (χ1n) is 5.52. The lowest BCUT2D eigenvalue weighted by atomic mass is 9.97. The Kier molecular flexibility index (Phi) is 2.25. The van der Waals surface area contributed by atoms with Gasteiger partial charge < -0.3 is 0 Å². The maximum absolute atomic E-state index is 11.4. The van der Waals surface area contributed by atoms with Gasteiger partial charge in [-0.1, -0.05) is 30.3 Å². The molecule has 0 amide bonds. The molecular formula is C14H12OS. The molecule has 1 aliphatic carbocycles. The number of fused-ring (bicyclic) bond motifs is 1. The summed E-state index contributed by atoms with van der Waals surface area (Å²) >= 11 is 3.93.